The van der Waals surface area contributed by atoms with Crippen molar-refractivity contribution in [3.05, 3.63) is 54.2 Å². The van der Waals surface area contributed by atoms with Crippen LogP contribution < -0.4 is 10.5 Å². The molecule has 1 atom stereocenters. The molecule has 3 N–H and O–H groups in total. The maximum atomic E-state index is 11.3. The van der Waals surface area contributed by atoms with Crippen LogP contribution in [0.3, 0.4) is 0 Å². The minimum Gasteiger partial charge on any atom is -0.480 e. The number of carboxylic acid groups (broad SMARTS) is 1. The van der Waals surface area contributed by atoms with E-state index in [1.807, 2.05) is 19.1 Å². The van der Waals surface area contributed by atoms with Gasteiger partial charge >= 0.3 is 5.97 Å². The van der Waals surface area contributed by atoms with Crippen LogP contribution in [0.5, 0.6) is 11.6 Å². The Labute approximate surface area is 150 Å². The minimum absolute atomic E-state index is 0.147. The summed E-state index contributed by atoms with van der Waals surface area (Å²) in [4.78, 5) is 24.2. The molecule has 26 heavy (non-hydrogen) atoms. The van der Waals surface area contributed by atoms with Gasteiger partial charge in [-0.05, 0) is 43.0 Å². The molecule has 3 heterocycles. The van der Waals surface area contributed by atoms with E-state index >= 15 is 0 Å². The van der Waals surface area contributed by atoms with Crippen LogP contribution in [0.4, 0.5) is 0 Å². The predicted octanol–water partition coefficient (Wildman–Crippen LogP) is 2.86. The van der Waals surface area contributed by atoms with Gasteiger partial charge in [0.2, 0.25) is 5.88 Å². The number of hydrogen-bond donors (Lipinski definition) is 2. The van der Waals surface area contributed by atoms with Gasteiger partial charge in [0, 0.05) is 30.2 Å². The Balaban J connectivity index is 1.83. The first-order valence-corrected chi connectivity index (χ1v) is 8.28. The maximum absolute atomic E-state index is 11.3. The lowest BCUT2D eigenvalue weighted by atomic mass is 9.91. The average Bonchev–Trinajstić information content (AvgIpc) is 2.63. The number of aromatic nitrogens is 3. The van der Waals surface area contributed by atoms with Crippen LogP contribution in [0.1, 0.15) is 24.7 Å². The molecule has 0 bridgehead atoms. The van der Waals surface area contributed by atoms with Crippen LogP contribution in [0.2, 0.25) is 0 Å². The fourth-order valence-electron chi connectivity index (χ4n) is 2.63. The van der Waals surface area contributed by atoms with E-state index in [0.29, 0.717) is 23.7 Å². The van der Waals surface area contributed by atoms with Gasteiger partial charge < -0.3 is 15.6 Å². The van der Waals surface area contributed by atoms with Crippen molar-refractivity contribution in [2.45, 2.75) is 32.2 Å². The zero-order valence-electron chi connectivity index (χ0n) is 14.6. The molecule has 1 unspecified atom stereocenters. The molecule has 0 aliphatic carbocycles. The summed E-state index contributed by atoms with van der Waals surface area (Å²) in [7, 11) is 0. The zero-order valence-corrected chi connectivity index (χ0v) is 14.6. The van der Waals surface area contributed by atoms with Crippen molar-refractivity contribution in [2.75, 3.05) is 0 Å². The largest absolute Gasteiger partial charge is 0.480 e. The van der Waals surface area contributed by atoms with Crippen molar-refractivity contribution < 1.29 is 14.6 Å². The van der Waals surface area contributed by atoms with Gasteiger partial charge in [-0.25, -0.2) is 4.98 Å². The number of fused-ring (bicyclic) bond motifs is 1. The number of aliphatic carboxylic acids is 1. The Bertz CT molecular complexity index is 943. The first kappa shape index (κ1) is 17.8. The van der Waals surface area contributed by atoms with Gasteiger partial charge in [0.15, 0.2) is 0 Å². The Morgan fingerprint density at radius 2 is 2.12 bits per heavy atom. The summed E-state index contributed by atoms with van der Waals surface area (Å²) in [6.45, 7) is 3.64. The Hall–Kier alpha value is -3.06. The van der Waals surface area contributed by atoms with E-state index in [4.69, 9.17) is 10.5 Å². The fourth-order valence-corrected chi connectivity index (χ4v) is 2.63. The number of aryl methyl sites for hydroxylation is 1. The number of pyridine rings is 3. The molecule has 0 amide bonds. The van der Waals surface area contributed by atoms with Gasteiger partial charge in [-0.3, -0.25) is 14.8 Å². The molecule has 134 valence electrons. The molecule has 0 aliphatic heterocycles. The Kier molecular flexibility index (Phi) is 4.81. The van der Waals surface area contributed by atoms with Crippen molar-refractivity contribution in [2.24, 2.45) is 5.73 Å². The van der Waals surface area contributed by atoms with Crippen molar-refractivity contribution in [3.63, 3.8) is 0 Å². The summed E-state index contributed by atoms with van der Waals surface area (Å²) in [5.41, 5.74) is 6.03. The normalized spacial score (nSPS) is 13.3. The lowest BCUT2D eigenvalue weighted by molar-refractivity contribution is -0.143. The highest BCUT2D eigenvalue weighted by molar-refractivity contribution is 5.86. The number of hydrogen-bond acceptors (Lipinski definition) is 6. The third-order valence-electron chi connectivity index (χ3n) is 4.29. The average molecular weight is 352 g/mol. The molecular weight excluding hydrogens is 332 g/mol. The van der Waals surface area contributed by atoms with Crippen molar-refractivity contribution in [3.8, 4) is 11.6 Å². The minimum atomic E-state index is -1.32. The molecule has 0 spiro atoms. The predicted molar refractivity (Wildman–Crippen MR) is 97.1 cm³/mol. The molecule has 0 aromatic carbocycles. The first-order chi connectivity index (χ1) is 12.4. The summed E-state index contributed by atoms with van der Waals surface area (Å²) in [5.74, 6) is -0.0774. The van der Waals surface area contributed by atoms with E-state index in [0.717, 1.165) is 16.5 Å². The van der Waals surface area contributed by atoms with Gasteiger partial charge in [-0.15, -0.1) is 0 Å². The van der Waals surface area contributed by atoms with Crippen molar-refractivity contribution in [1.29, 1.82) is 0 Å². The zero-order chi connectivity index (χ0) is 18.7. The van der Waals surface area contributed by atoms with E-state index in [1.54, 1.807) is 37.6 Å². The van der Waals surface area contributed by atoms with E-state index in [9.17, 15) is 9.90 Å². The van der Waals surface area contributed by atoms with Crippen LogP contribution in [0.15, 0.2) is 42.9 Å². The SMILES string of the molecule is CCC(N)(Cc1ccc(Oc2nc(C)cc3ccncc23)cn1)C(=O)O. The third-order valence-corrected chi connectivity index (χ3v) is 4.29. The molecule has 0 saturated carbocycles. The molecule has 0 aliphatic rings. The van der Waals surface area contributed by atoms with Gasteiger partial charge in [-0.1, -0.05) is 6.92 Å². The van der Waals surface area contributed by atoms with Crippen LogP contribution in [0, 0.1) is 6.92 Å². The van der Waals surface area contributed by atoms with Gasteiger partial charge in [0.05, 0.1) is 11.6 Å². The maximum Gasteiger partial charge on any atom is 0.324 e. The van der Waals surface area contributed by atoms with Crippen molar-refractivity contribution >= 4 is 16.7 Å². The third kappa shape index (κ3) is 3.62. The number of nitrogens with zero attached hydrogens (tertiary/aromatic N) is 3. The smallest absolute Gasteiger partial charge is 0.324 e. The highest BCUT2D eigenvalue weighted by Crippen LogP contribution is 2.28. The molecule has 3 aromatic rings. The quantitative estimate of drug-likeness (QED) is 0.701. The summed E-state index contributed by atoms with van der Waals surface area (Å²) >= 11 is 0. The number of nitrogens with two attached hydrogens (primary N) is 1. The highest BCUT2D eigenvalue weighted by Gasteiger charge is 2.32. The summed E-state index contributed by atoms with van der Waals surface area (Å²) in [5, 5.41) is 11.1. The van der Waals surface area contributed by atoms with Gasteiger partial charge in [0.1, 0.15) is 11.3 Å². The van der Waals surface area contributed by atoms with E-state index in [2.05, 4.69) is 15.0 Å². The second kappa shape index (κ2) is 7.05. The molecule has 7 heteroatoms. The fraction of sp³-hybridized carbons (Fsp3) is 0.263. The lowest BCUT2D eigenvalue weighted by Gasteiger charge is -2.22. The second-order valence-electron chi connectivity index (χ2n) is 6.24. The second-order valence-corrected chi connectivity index (χ2v) is 6.24. The molecule has 0 fully saturated rings. The van der Waals surface area contributed by atoms with Gasteiger partial charge in [-0.2, -0.15) is 0 Å². The Morgan fingerprint density at radius 1 is 1.31 bits per heavy atom. The van der Waals surface area contributed by atoms with E-state index in [1.165, 1.54) is 0 Å². The highest BCUT2D eigenvalue weighted by atomic mass is 16.5. The molecule has 3 rings (SSSR count). The number of carbonyl (C=O) groups is 1. The van der Waals surface area contributed by atoms with Crippen LogP contribution in [-0.4, -0.2) is 31.6 Å². The first-order valence-electron chi connectivity index (χ1n) is 8.28. The standard InChI is InChI=1S/C19H20N4O3/c1-3-19(20,18(24)25)9-14-4-5-15(10-22-14)26-17-16-11-21-7-6-13(16)8-12(2)23-17/h4-8,10-11H,3,9,20H2,1-2H3,(H,24,25). The summed E-state index contributed by atoms with van der Waals surface area (Å²) < 4.78 is 5.87. The van der Waals surface area contributed by atoms with Crippen LogP contribution >= 0.6 is 0 Å². The topological polar surface area (TPSA) is 111 Å². The number of carboxylic acids is 1. The van der Waals surface area contributed by atoms with Crippen LogP contribution in [-0.2, 0) is 11.2 Å². The molecular formula is C19H20N4O3. The number of ether oxygens (including phenoxy) is 1. The van der Waals surface area contributed by atoms with E-state index < -0.39 is 11.5 Å². The monoisotopic (exact) mass is 352 g/mol. The summed E-state index contributed by atoms with van der Waals surface area (Å²) in [6.07, 6.45) is 5.43. The molecule has 3 aromatic heterocycles. The number of rotatable bonds is 6. The molecule has 0 saturated heterocycles. The van der Waals surface area contributed by atoms with E-state index in [-0.39, 0.29) is 6.42 Å². The van der Waals surface area contributed by atoms with Gasteiger partial charge in [0.25, 0.3) is 0 Å². The van der Waals surface area contributed by atoms with Crippen molar-refractivity contribution in [1.82, 2.24) is 15.0 Å². The van der Waals surface area contributed by atoms with Crippen LogP contribution in [0.25, 0.3) is 10.8 Å². The lowest BCUT2D eigenvalue weighted by Crippen LogP contribution is -2.49. The molecule has 7 nitrogen and oxygen atoms in total. The summed E-state index contributed by atoms with van der Waals surface area (Å²) in [6, 6.07) is 7.30. The molecule has 0 radical (unpaired) electrons. The Morgan fingerprint density at radius 3 is 2.77 bits per heavy atom.